The van der Waals surface area contributed by atoms with E-state index in [0.717, 1.165) is 45.7 Å². The molecule has 7 nitrogen and oxygen atoms in total. The van der Waals surface area contributed by atoms with Gasteiger partial charge in [0.25, 0.3) is 0 Å². The molecule has 0 aliphatic carbocycles. The zero-order chi connectivity index (χ0) is 18.6. The van der Waals surface area contributed by atoms with Gasteiger partial charge in [-0.3, -0.25) is 4.79 Å². The highest BCUT2D eigenvalue weighted by atomic mass is 16.5. The number of aliphatic imine (C=N–C) groups is 1. The highest BCUT2D eigenvalue weighted by Gasteiger charge is 2.20. The number of benzene rings is 1. The number of para-hydroxylation sites is 1. The predicted molar refractivity (Wildman–Crippen MR) is 106 cm³/mol. The highest BCUT2D eigenvalue weighted by Crippen LogP contribution is 2.15. The number of nitrogens with one attached hydrogen (secondary N) is 2. The zero-order valence-electron chi connectivity index (χ0n) is 15.9. The van der Waals surface area contributed by atoms with Crippen LogP contribution in [0.1, 0.15) is 13.3 Å². The highest BCUT2D eigenvalue weighted by molar-refractivity contribution is 5.85. The van der Waals surface area contributed by atoms with E-state index in [2.05, 4.69) is 32.7 Å². The quantitative estimate of drug-likeness (QED) is 0.410. The molecule has 0 unspecified atom stereocenters. The Morgan fingerprint density at radius 2 is 1.88 bits per heavy atom. The van der Waals surface area contributed by atoms with E-state index in [1.807, 2.05) is 30.0 Å². The van der Waals surface area contributed by atoms with Crippen LogP contribution in [-0.2, 0) is 9.53 Å². The number of hydrogen-bond donors (Lipinski definition) is 2. The third-order valence-corrected chi connectivity index (χ3v) is 4.29. The third kappa shape index (κ3) is 6.55. The minimum atomic E-state index is 0.0757. The van der Waals surface area contributed by atoms with Crippen LogP contribution in [0.25, 0.3) is 0 Å². The molecule has 0 radical (unpaired) electrons. The number of methoxy groups -OCH3 is 1. The summed E-state index contributed by atoms with van der Waals surface area (Å²) >= 11 is 0. The lowest BCUT2D eigenvalue weighted by molar-refractivity contribution is -0.129. The van der Waals surface area contributed by atoms with Crippen molar-refractivity contribution >= 4 is 17.6 Å². The average molecular weight is 361 g/mol. The van der Waals surface area contributed by atoms with Gasteiger partial charge in [-0.25, -0.2) is 4.99 Å². The number of guanidine groups is 1. The first-order valence-electron chi connectivity index (χ1n) is 9.33. The van der Waals surface area contributed by atoms with Gasteiger partial charge in [-0.2, -0.15) is 0 Å². The van der Waals surface area contributed by atoms with Gasteiger partial charge in [0.15, 0.2) is 5.96 Å². The molecule has 1 fully saturated rings. The van der Waals surface area contributed by atoms with E-state index < -0.39 is 0 Å². The van der Waals surface area contributed by atoms with Gasteiger partial charge in [0, 0.05) is 58.7 Å². The largest absolute Gasteiger partial charge is 0.385 e. The second-order valence-corrected chi connectivity index (χ2v) is 6.17. The van der Waals surface area contributed by atoms with Crippen LogP contribution in [0.15, 0.2) is 35.3 Å². The van der Waals surface area contributed by atoms with Crippen LogP contribution in [0.4, 0.5) is 5.69 Å². The monoisotopic (exact) mass is 361 g/mol. The maximum absolute atomic E-state index is 12.5. The minimum Gasteiger partial charge on any atom is -0.385 e. The number of piperazine rings is 1. The molecule has 1 aliphatic rings. The van der Waals surface area contributed by atoms with Gasteiger partial charge < -0.3 is 25.2 Å². The van der Waals surface area contributed by atoms with Crippen molar-refractivity contribution in [3.05, 3.63) is 30.3 Å². The van der Waals surface area contributed by atoms with Crippen LogP contribution >= 0.6 is 0 Å². The van der Waals surface area contributed by atoms with Crippen molar-refractivity contribution in [2.24, 2.45) is 4.99 Å². The van der Waals surface area contributed by atoms with Gasteiger partial charge in [0.05, 0.1) is 0 Å². The van der Waals surface area contributed by atoms with Crippen molar-refractivity contribution in [1.29, 1.82) is 0 Å². The predicted octanol–water partition coefficient (Wildman–Crippen LogP) is 0.927. The maximum atomic E-state index is 12.5. The second kappa shape index (κ2) is 11.4. The molecule has 1 aromatic carbocycles. The van der Waals surface area contributed by atoms with Crippen LogP contribution in [0.3, 0.4) is 0 Å². The smallest absolute Gasteiger partial charge is 0.244 e. The Morgan fingerprint density at radius 3 is 2.54 bits per heavy atom. The molecule has 2 rings (SSSR count). The van der Waals surface area contributed by atoms with E-state index in [1.54, 1.807) is 7.11 Å². The average Bonchev–Trinajstić information content (AvgIpc) is 2.70. The number of carbonyl (C=O) groups is 1. The topological polar surface area (TPSA) is 69.2 Å². The minimum absolute atomic E-state index is 0.0757. The molecule has 1 saturated heterocycles. The summed E-state index contributed by atoms with van der Waals surface area (Å²) in [5, 5.41) is 6.39. The third-order valence-electron chi connectivity index (χ3n) is 4.29. The van der Waals surface area contributed by atoms with E-state index in [9.17, 15) is 4.79 Å². The Morgan fingerprint density at radius 1 is 1.15 bits per heavy atom. The van der Waals surface area contributed by atoms with Crippen molar-refractivity contribution in [2.75, 3.05) is 64.4 Å². The van der Waals surface area contributed by atoms with Crippen LogP contribution < -0.4 is 15.5 Å². The fourth-order valence-electron chi connectivity index (χ4n) is 2.86. The van der Waals surface area contributed by atoms with Gasteiger partial charge in [0.1, 0.15) is 6.54 Å². The molecule has 7 heteroatoms. The molecule has 2 N–H and O–H groups in total. The molecule has 144 valence electrons. The summed E-state index contributed by atoms with van der Waals surface area (Å²) in [7, 11) is 1.69. The fourth-order valence-corrected chi connectivity index (χ4v) is 2.86. The first kappa shape index (κ1) is 20.0. The molecule has 1 aliphatic heterocycles. The summed E-state index contributed by atoms with van der Waals surface area (Å²) in [4.78, 5) is 21.1. The molecule has 1 aromatic rings. The lowest BCUT2D eigenvalue weighted by Gasteiger charge is -2.36. The molecular formula is C19H31N5O2. The van der Waals surface area contributed by atoms with Crippen LogP contribution in [0.2, 0.25) is 0 Å². The molecule has 0 atom stereocenters. The molecular weight excluding hydrogens is 330 g/mol. The van der Waals surface area contributed by atoms with Crippen molar-refractivity contribution in [1.82, 2.24) is 15.5 Å². The molecule has 0 saturated carbocycles. The number of rotatable bonds is 8. The van der Waals surface area contributed by atoms with Crippen molar-refractivity contribution < 1.29 is 9.53 Å². The van der Waals surface area contributed by atoms with Crippen LogP contribution in [0, 0.1) is 0 Å². The Kier molecular flexibility index (Phi) is 8.75. The molecule has 1 amide bonds. The first-order valence-corrected chi connectivity index (χ1v) is 9.33. The first-order chi connectivity index (χ1) is 12.7. The second-order valence-electron chi connectivity index (χ2n) is 6.17. The Hall–Kier alpha value is -2.28. The van der Waals surface area contributed by atoms with Gasteiger partial charge >= 0.3 is 0 Å². The number of nitrogens with zero attached hydrogens (tertiary/aromatic N) is 3. The SMILES string of the molecule is CCNC(=NCC(=O)N1CCN(c2ccccc2)CC1)NCCCOC. The lowest BCUT2D eigenvalue weighted by Crippen LogP contribution is -2.49. The molecule has 0 aromatic heterocycles. The number of amides is 1. The van der Waals surface area contributed by atoms with E-state index in [0.29, 0.717) is 12.6 Å². The Labute approximate surface area is 156 Å². The molecule has 1 heterocycles. The summed E-state index contributed by atoms with van der Waals surface area (Å²) in [5.41, 5.74) is 1.22. The van der Waals surface area contributed by atoms with Gasteiger partial charge in [-0.1, -0.05) is 18.2 Å². The summed E-state index contributed by atoms with van der Waals surface area (Å²) in [6.07, 6.45) is 0.899. The maximum Gasteiger partial charge on any atom is 0.244 e. The molecule has 0 bridgehead atoms. The summed E-state index contributed by atoms with van der Waals surface area (Å²) in [5.74, 6) is 0.756. The van der Waals surface area contributed by atoms with Crippen molar-refractivity contribution in [2.45, 2.75) is 13.3 Å². The van der Waals surface area contributed by atoms with Crippen LogP contribution in [0.5, 0.6) is 0 Å². The van der Waals surface area contributed by atoms with E-state index in [1.165, 1.54) is 5.69 Å². The number of hydrogen-bond acceptors (Lipinski definition) is 4. The molecule has 0 spiro atoms. The summed E-state index contributed by atoms with van der Waals surface area (Å²) in [6.45, 7) is 7.61. The van der Waals surface area contributed by atoms with Crippen molar-refractivity contribution in [3.8, 4) is 0 Å². The van der Waals surface area contributed by atoms with E-state index >= 15 is 0 Å². The number of ether oxygens (including phenoxy) is 1. The normalized spacial score (nSPS) is 15.1. The summed E-state index contributed by atoms with van der Waals surface area (Å²) < 4.78 is 5.04. The fraction of sp³-hybridized carbons (Fsp3) is 0.579. The Bertz CT molecular complexity index is 556. The van der Waals surface area contributed by atoms with Gasteiger partial charge in [0.2, 0.25) is 5.91 Å². The van der Waals surface area contributed by atoms with Crippen LogP contribution in [-0.4, -0.2) is 76.3 Å². The standard InChI is InChI=1S/C19H31N5O2/c1-3-20-19(21-10-7-15-26-2)22-16-18(25)24-13-11-23(12-14-24)17-8-5-4-6-9-17/h4-6,8-9H,3,7,10-16H2,1-2H3,(H2,20,21,22). The van der Waals surface area contributed by atoms with Gasteiger partial charge in [-0.15, -0.1) is 0 Å². The number of carbonyl (C=O) groups excluding carboxylic acids is 1. The summed E-state index contributed by atoms with van der Waals surface area (Å²) in [6, 6.07) is 10.3. The number of anilines is 1. The van der Waals surface area contributed by atoms with E-state index in [-0.39, 0.29) is 12.5 Å². The van der Waals surface area contributed by atoms with Crippen molar-refractivity contribution in [3.63, 3.8) is 0 Å². The zero-order valence-corrected chi connectivity index (χ0v) is 15.9. The Balaban J connectivity index is 1.77. The molecule has 26 heavy (non-hydrogen) atoms. The van der Waals surface area contributed by atoms with Gasteiger partial charge in [-0.05, 0) is 25.5 Å². The lowest BCUT2D eigenvalue weighted by atomic mass is 10.2. The van der Waals surface area contributed by atoms with E-state index in [4.69, 9.17) is 4.74 Å².